The van der Waals surface area contributed by atoms with Gasteiger partial charge in [0.1, 0.15) is 0 Å². The summed E-state index contributed by atoms with van der Waals surface area (Å²) in [5.41, 5.74) is 2.10. The monoisotopic (exact) mass is 297 g/mol. The Labute approximate surface area is 121 Å². The quantitative estimate of drug-likeness (QED) is 0.909. The highest BCUT2D eigenvalue weighted by molar-refractivity contribution is 6.31. The van der Waals surface area contributed by atoms with Gasteiger partial charge in [-0.25, -0.2) is 9.48 Å². The predicted octanol–water partition coefficient (Wildman–Crippen LogP) is 1.77. The summed E-state index contributed by atoms with van der Waals surface area (Å²) in [5.74, 6) is -1.09. The Kier molecular flexibility index (Phi) is 4.08. The fourth-order valence-electron chi connectivity index (χ4n) is 2.02. The van der Waals surface area contributed by atoms with Crippen LogP contribution in [0.2, 0.25) is 5.02 Å². The van der Waals surface area contributed by atoms with Gasteiger partial charge in [0, 0.05) is 6.54 Å². The second-order valence-electron chi connectivity index (χ2n) is 4.36. The Bertz CT molecular complexity index is 647. The van der Waals surface area contributed by atoms with Crippen molar-refractivity contribution in [3.8, 4) is 0 Å². The third kappa shape index (κ3) is 2.40. The van der Waals surface area contributed by atoms with Crippen LogP contribution in [0, 0.1) is 6.92 Å². The van der Waals surface area contributed by atoms with Gasteiger partial charge in [-0.1, -0.05) is 23.7 Å². The molecule has 0 bridgehead atoms. The number of aryl methyl sites for hydroxylation is 2. The van der Waals surface area contributed by atoms with Gasteiger partial charge in [0.15, 0.2) is 5.69 Å². The molecule has 0 amide bonds. The van der Waals surface area contributed by atoms with Crippen LogP contribution in [0.1, 0.15) is 41.4 Å². The summed E-state index contributed by atoms with van der Waals surface area (Å²) < 4.78 is 3.33. The van der Waals surface area contributed by atoms with Gasteiger partial charge in [-0.15, -0.1) is 5.10 Å². The molecule has 0 aliphatic rings. The smallest absolute Gasteiger partial charge is 0.358 e. The molecule has 2 heterocycles. The van der Waals surface area contributed by atoms with E-state index in [1.54, 1.807) is 6.92 Å². The number of aromatic nitrogens is 5. The van der Waals surface area contributed by atoms with Crippen molar-refractivity contribution in [1.82, 2.24) is 24.8 Å². The number of nitrogens with zero attached hydrogens (tertiary/aromatic N) is 5. The van der Waals surface area contributed by atoms with E-state index in [1.165, 1.54) is 4.68 Å². The highest BCUT2D eigenvalue weighted by atomic mass is 35.5. The highest BCUT2D eigenvalue weighted by Crippen LogP contribution is 2.23. The number of rotatable bonds is 5. The molecule has 0 spiro atoms. The summed E-state index contributed by atoms with van der Waals surface area (Å²) in [6.45, 7) is 6.68. The van der Waals surface area contributed by atoms with Crippen LogP contribution >= 0.6 is 11.6 Å². The van der Waals surface area contributed by atoms with Crippen molar-refractivity contribution in [2.75, 3.05) is 0 Å². The predicted molar refractivity (Wildman–Crippen MR) is 73.1 cm³/mol. The first-order chi connectivity index (χ1) is 9.49. The molecule has 0 atom stereocenters. The Hall–Kier alpha value is -1.89. The molecule has 0 fully saturated rings. The van der Waals surface area contributed by atoms with Crippen LogP contribution in [-0.2, 0) is 19.5 Å². The van der Waals surface area contributed by atoms with Crippen LogP contribution < -0.4 is 0 Å². The van der Waals surface area contributed by atoms with E-state index in [1.807, 2.05) is 18.5 Å². The summed E-state index contributed by atoms with van der Waals surface area (Å²) in [4.78, 5) is 11.0. The summed E-state index contributed by atoms with van der Waals surface area (Å²) in [7, 11) is 0. The van der Waals surface area contributed by atoms with Crippen LogP contribution in [0.3, 0.4) is 0 Å². The van der Waals surface area contributed by atoms with Crippen molar-refractivity contribution in [1.29, 1.82) is 0 Å². The molecule has 8 heteroatoms. The van der Waals surface area contributed by atoms with E-state index >= 15 is 0 Å². The Morgan fingerprint density at radius 2 is 2.05 bits per heavy atom. The largest absolute Gasteiger partial charge is 0.476 e. The normalized spacial score (nSPS) is 11.0. The molecule has 7 nitrogen and oxygen atoms in total. The lowest BCUT2D eigenvalue weighted by atomic mass is 10.3. The topological polar surface area (TPSA) is 85.8 Å². The lowest BCUT2D eigenvalue weighted by molar-refractivity contribution is 0.0689. The van der Waals surface area contributed by atoms with Crippen LogP contribution in [0.4, 0.5) is 0 Å². The minimum absolute atomic E-state index is 0.0422. The molecule has 0 aromatic carbocycles. The maximum atomic E-state index is 11.0. The third-order valence-electron chi connectivity index (χ3n) is 3.18. The summed E-state index contributed by atoms with van der Waals surface area (Å²) in [6.07, 6.45) is 0.746. The van der Waals surface area contributed by atoms with Gasteiger partial charge in [-0.2, -0.15) is 5.10 Å². The molecular weight excluding hydrogens is 282 g/mol. The van der Waals surface area contributed by atoms with E-state index < -0.39 is 5.97 Å². The van der Waals surface area contributed by atoms with Crippen LogP contribution in [0.5, 0.6) is 0 Å². The maximum absolute atomic E-state index is 11.0. The molecule has 0 aliphatic carbocycles. The lowest BCUT2D eigenvalue weighted by Gasteiger charge is -2.06. The van der Waals surface area contributed by atoms with Crippen LogP contribution in [0.15, 0.2) is 0 Å². The van der Waals surface area contributed by atoms with Gasteiger partial charge < -0.3 is 5.11 Å². The molecule has 20 heavy (non-hydrogen) atoms. The second kappa shape index (κ2) is 5.62. The Morgan fingerprint density at radius 3 is 2.55 bits per heavy atom. The van der Waals surface area contributed by atoms with Crippen molar-refractivity contribution in [3.05, 3.63) is 27.8 Å². The van der Waals surface area contributed by atoms with Crippen molar-refractivity contribution in [3.63, 3.8) is 0 Å². The fourth-order valence-corrected chi connectivity index (χ4v) is 2.35. The first kappa shape index (κ1) is 14.5. The molecule has 0 unspecified atom stereocenters. The Morgan fingerprint density at radius 1 is 1.35 bits per heavy atom. The zero-order chi connectivity index (χ0) is 14.9. The van der Waals surface area contributed by atoms with Crippen molar-refractivity contribution in [2.45, 2.75) is 40.3 Å². The lowest BCUT2D eigenvalue weighted by Crippen LogP contribution is -2.11. The molecular formula is C12H16ClN5O2. The van der Waals surface area contributed by atoms with Gasteiger partial charge in [-0.3, -0.25) is 4.68 Å². The molecule has 0 saturated carbocycles. The van der Waals surface area contributed by atoms with Gasteiger partial charge >= 0.3 is 5.97 Å². The fraction of sp³-hybridized carbons (Fsp3) is 0.500. The minimum atomic E-state index is -1.09. The summed E-state index contributed by atoms with van der Waals surface area (Å²) in [6, 6.07) is 0. The van der Waals surface area contributed by atoms with E-state index in [-0.39, 0.29) is 5.69 Å². The molecule has 2 aromatic heterocycles. The van der Waals surface area contributed by atoms with Gasteiger partial charge in [0.25, 0.3) is 0 Å². The Balaban J connectivity index is 2.39. The van der Waals surface area contributed by atoms with E-state index in [0.29, 0.717) is 23.8 Å². The first-order valence-electron chi connectivity index (χ1n) is 6.36. The SMILES string of the molecule is CCc1nn(CC)c(Cn2nnc(C(=O)O)c2C)c1Cl. The zero-order valence-corrected chi connectivity index (χ0v) is 12.3. The molecule has 2 aromatic rings. The van der Waals surface area contributed by atoms with Crippen molar-refractivity contribution in [2.24, 2.45) is 0 Å². The first-order valence-corrected chi connectivity index (χ1v) is 6.74. The maximum Gasteiger partial charge on any atom is 0.358 e. The average molecular weight is 298 g/mol. The van der Waals surface area contributed by atoms with Crippen molar-refractivity contribution < 1.29 is 9.90 Å². The van der Waals surface area contributed by atoms with Gasteiger partial charge in [0.05, 0.1) is 28.6 Å². The number of halogens is 1. The zero-order valence-electron chi connectivity index (χ0n) is 11.6. The number of carboxylic acid groups (broad SMARTS) is 1. The second-order valence-corrected chi connectivity index (χ2v) is 4.74. The van der Waals surface area contributed by atoms with E-state index in [4.69, 9.17) is 16.7 Å². The number of hydrogen-bond acceptors (Lipinski definition) is 4. The van der Waals surface area contributed by atoms with Crippen molar-refractivity contribution >= 4 is 17.6 Å². The standard InChI is InChI=1S/C12H16ClN5O2/c1-4-8-10(13)9(17(5-2)15-8)6-18-7(3)11(12(19)20)14-16-18/h4-6H2,1-3H3,(H,19,20). The number of carboxylic acids is 1. The van der Waals surface area contributed by atoms with Crippen LogP contribution in [-0.4, -0.2) is 35.9 Å². The van der Waals surface area contributed by atoms with Gasteiger partial charge in [0.2, 0.25) is 0 Å². The average Bonchev–Trinajstić information content (AvgIpc) is 2.93. The highest BCUT2D eigenvalue weighted by Gasteiger charge is 2.19. The number of aromatic carboxylic acids is 1. The van der Waals surface area contributed by atoms with E-state index in [9.17, 15) is 4.79 Å². The molecule has 0 radical (unpaired) electrons. The number of hydrogen-bond donors (Lipinski definition) is 1. The van der Waals surface area contributed by atoms with E-state index in [0.717, 1.165) is 17.8 Å². The molecule has 0 aliphatic heterocycles. The molecule has 0 saturated heterocycles. The molecule has 2 rings (SSSR count). The number of carbonyl (C=O) groups is 1. The van der Waals surface area contributed by atoms with Gasteiger partial charge in [-0.05, 0) is 20.3 Å². The molecule has 1 N–H and O–H groups in total. The molecule has 108 valence electrons. The summed E-state index contributed by atoms with van der Waals surface area (Å²) in [5, 5.41) is 21.6. The van der Waals surface area contributed by atoms with Crippen LogP contribution in [0.25, 0.3) is 0 Å². The minimum Gasteiger partial charge on any atom is -0.476 e. The third-order valence-corrected chi connectivity index (χ3v) is 3.62. The van der Waals surface area contributed by atoms with E-state index in [2.05, 4.69) is 15.4 Å². The summed E-state index contributed by atoms with van der Waals surface area (Å²) >= 11 is 6.32.